The summed E-state index contributed by atoms with van der Waals surface area (Å²) < 4.78 is 31.2. The van der Waals surface area contributed by atoms with Gasteiger partial charge in [-0.3, -0.25) is 0 Å². The second-order valence-electron chi connectivity index (χ2n) is 6.01. The van der Waals surface area contributed by atoms with E-state index in [1.807, 2.05) is 20.0 Å². The van der Waals surface area contributed by atoms with Crippen LogP contribution in [0, 0.1) is 5.92 Å². The summed E-state index contributed by atoms with van der Waals surface area (Å²) in [7, 11) is -3.54. The van der Waals surface area contributed by atoms with E-state index in [0.717, 1.165) is 25.2 Å². The fourth-order valence-corrected chi connectivity index (χ4v) is 3.69. The maximum atomic E-state index is 12.3. The first kappa shape index (κ1) is 15.2. The molecule has 0 aliphatic carbocycles. The minimum atomic E-state index is -3.54. The lowest BCUT2D eigenvalue weighted by Crippen LogP contribution is -2.33. The molecule has 1 aliphatic rings. The number of nitrogens with zero attached hydrogens (tertiary/aromatic N) is 4. The molecule has 0 bridgehead atoms. The molecule has 3 heterocycles. The monoisotopic (exact) mass is 323 g/mol. The lowest BCUT2D eigenvalue weighted by molar-refractivity contribution is 0.363. The van der Waals surface area contributed by atoms with Gasteiger partial charge in [0.05, 0.1) is 6.33 Å². The third-order valence-corrected chi connectivity index (χ3v) is 5.35. The van der Waals surface area contributed by atoms with Crippen LogP contribution in [0.15, 0.2) is 29.9 Å². The zero-order valence-electron chi connectivity index (χ0n) is 12.8. The molecule has 1 aliphatic heterocycles. The molecule has 22 heavy (non-hydrogen) atoms. The second-order valence-corrected chi connectivity index (χ2v) is 7.72. The Balaban J connectivity index is 1.63. The number of hydrogen-bond donors (Lipinski definition) is 1. The van der Waals surface area contributed by atoms with Gasteiger partial charge in [-0.05, 0) is 26.2 Å². The average Bonchev–Trinajstić information content (AvgIpc) is 3.13. The molecule has 2 aromatic heterocycles. The molecule has 1 atom stereocenters. The molecule has 120 valence electrons. The van der Waals surface area contributed by atoms with Crippen LogP contribution in [0.1, 0.15) is 32.1 Å². The number of aromatic nitrogens is 4. The molecular weight excluding hydrogens is 302 g/mol. The SMILES string of the molecule is CC(C)n1cnc(S(=O)(=O)NC[C@@H]2CCc3nccn3C2)c1. The quantitative estimate of drug-likeness (QED) is 0.896. The molecule has 2 aromatic rings. The van der Waals surface area contributed by atoms with Gasteiger partial charge < -0.3 is 9.13 Å². The van der Waals surface area contributed by atoms with Crippen molar-refractivity contribution in [2.75, 3.05) is 6.54 Å². The van der Waals surface area contributed by atoms with Gasteiger partial charge in [-0.1, -0.05) is 0 Å². The molecule has 8 heteroatoms. The van der Waals surface area contributed by atoms with Gasteiger partial charge in [-0.15, -0.1) is 0 Å². The van der Waals surface area contributed by atoms with Crippen LogP contribution in [0.2, 0.25) is 0 Å². The van der Waals surface area contributed by atoms with Gasteiger partial charge in [0.1, 0.15) is 5.82 Å². The predicted octanol–water partition coefficient (Wildman–Crippen LogP) is 1.20. The van der Waals surface area contributed by atoms with Gasteiger partial charge in [0.25, 0.3) is 10.0 Å². The molecule has 0 saturated heterocycles. The predicted molar refractivity (Wildman–Crippen MR) is 81.8 cm³/mol. The first-order chi connectivity index (χ1) is 10.5. The van der Waals surface area contributed by atoms with E-state index in [2.05, 4.69) is 19.3 Å². The van der Waals surface area contributed by atoms with Crippen LogP contribution in [0.25, 0.3) is 0 Å². The normalized spacial score (nSPS) is 18.6. The Morgan fingerprint density at radius 1 is 1.41 bits per heavy atom. The summed E-state index contributed by atoms with van der Waals surface area (Å²) in [6.45, 7) is 5.19. The lowest BCUT2D eigenvalue weighted by atomic mass is 10.00. The van der Waals surface area contributed by atoms with Gasteiger partial charge in [0, 0.05) is 44.1 Å². The Morgan fingerprint density at radius 2 is 2.23 bits per heavy atom. The highest BCUT2D eigenvalue weighted by Gasteiger charge is 2.23. The highest BCUT2D eigenvalue weighted by molar-refractivity contribution is 7.89. The molecule has 0 fully saturated rings. The van der Waals surface area contributed by atoms with Gasteiger partial charge >= 0.3 is 0 Å². The number of imidazole rings is 2. The van der Waals surface area contributed by atoms with Crippen LogP contribution >= 0.6 is 0 Å². The highest BCUT2D eigenvalue weighted by Crippen LogP contribution is 2.19. The number of hydrogen-bond acceptors (Lipinski definition) is 4. The van der Waals surface area contributed by atoms with Gasteiger partial charge in [0.15, 0.2) is 5.03 Å². The van der Waals surface area contributed by atoms with Crippen LogP contribution in [0.3, 0.4) is 0 Å². The summed E-state index contributed by atoms with van der Waals surface area (Å²) >= 11 is 0. The minimum absolute atomic E-state index is 0.0836. The Kier molecular flexibility index (Phi) is 4.05. The third kappa shape index (κ3) is 3.07. The van der Waals surface area contributed by atoms with Gasteiger partial charge in [0.2, 0.25) is 0 Å². The molecule has 7 nitrogen and oxygen atoms in total. The summed E-state index contributed by atoms with van der Waals surface area (Å²) in [5.74, 6) is 1.36. The maximum absolute atomic E-state index is 12.3. The Hall–Kier alpha value is -1.67. The van der Waals surface area contributed by atoms with Gasteiger partial charge in [-0.25, -0.2) is 23.1 Å². The zero-order valence-corrected chi connectivity index (χ0v) is 13.6. The molecule has 0 saturated carbocycles. The first-order valence-electron chi connectivity index (χ1n) is 7.49. The van der Waals surface area contributed by atoms with Crippen molar-refractivity contribution >= 4 is 10.0 Å². The van der Waals surface area contributed by atoms with Crippen molar-refractivity contribution in [1.29, 1.82) is 0 Å². The molecule has 0 unspecified atom stereocenters. The zero-order chi connectivity index (χ0) is 15.7. The van der Waals surface area contributed by atoms with E-state index < -0.39 is 10.0 Å². The van der Waals surface area contributed by atoms with Crippen molar-refractivity contribution < 1.29 is 8.42 Å². The van der Waals surface area contributed by atoms with E-state index in [0.29, 0.717) is 6.54 Å². The van der Waals surface area contributed by atoms with E-state index >= 15 is 0 Å². The van der Waals surface area contributed by atoms with E-state index in [1.54, 1.807) is 23.3 Å². The number of sulfonamides is 1. The molecule has 0 amide bonds. The summed E-state index contributed by atoms with van der Waals surface area (Å²) in [5.41, 5.74) is 0. The topological polar surface area (TPSA) is 81.8 Å². The van der Waals surface area contributed by atoms with E-state index in [-0.39, 0.29) is 17.0 Å². The summed E-state index contributed by atoms with van der Waals surface area (Å²) in [6.07, 6.45) is 8.70. The Bertz CT molecular complexity index is 747. The highest BCUT2D eigenvalue weighted by atomic mass is 32.2. The number of nitrogens with one attached hydrogen (secondary N) is 1. The van der Waals surface area contributed by atoms with Crippen molar-refractivity contribution in [3.8, 4) is 0 Å². The van der Waals surface area contributed by atoms with Crippen molar-refractivity contribution in [1.82, 2.24) is 23.8 Å². The van der Waals surface area contributed by atoms with Gasteiger partial charge in [-0.2, -0.15) is 0 Å². The van der Waals surface area contributed by atoms with Crippen molar-refractivity contribution in [3.63, 3.8) is 0 Å². The molecule has 0 radical (unpaired) electrons. The number of rotatable bonds is 5. The van der Waals surface area contributed by atoms with Crippen LogP contribution in [-0.2, 0) is 23.0 Å². The second kappa shape index (κ2) is 5.85. The number of fused-ring (bicyclic) bond motifs is 1. The molecular formula is C14H21N5O2S. The average molecular weight is 323 g/mol. The summed E-state index contributed by atoms with van der Waals surface area (Å²) in [4.78, 5) is 8.28. The molecule has 1 N–H and O–H groups in total. The fourth-order valence-electron chi connectivity index (χ4n) is 2.64. The van der Waals surface area contributed by atoms with Crippen molar-refractivity contribution in [2.24, 2.45) is 5.92 Å². The van der Waals surface area contributed by atoms with Crippen molar-refractivity contribution in [2.45, 2.75) is 44.3 Å². The largest absolute Gasteiger partial charge is 0.335 e. The van der Waals surface area contributed by atoms with E-state index in [9.17, 15) is 8.42 Å². The van der Waals surface area contributed by atoms with Crippen LogP contribution in [0.5, 0.6) is 0 Å². The fraction of sp³-hybridized carbons (Fsp3) is 0.571. The van der Waals surface area contributed by atoms with Crippen molar-refractivity contribution in [3.05, 3.63) is 30.7 Å². The Morgan fingerprint density at radius 3 is 2.95 bits per heavy atom. The van der Waals surface area contributed by atoms with Crippen LogP contribution in [-0.4, -0.2) is 34.1 Å². The molecule has 0 spiro atoms. The van der Waals surface area contributed by atoms with Crippen LogP contribution < -0.4 is 4.72 Å². The van der Waals surface area contributed by atoms with E-state index in [4.69, 9.17) is 0 Å². The lowest BCUT2D eigenvalue weighted by Gasteiger charge is -2.23. The molecule has 0 aromatic carbocycles. The smallest absolute Gasteiger partial charge is 0.259 e. The van der Waals surface area contributed by atoms with Crippen LogP contribution in [0.4, 0.5) is 0 Å². The Labute approximate surface area is 130 Å². The standard InChI is InChI=1S/C14H21N5O2S/c1-11(2)19-9-14(16-10-19)22(20,21)17-7-12-3-4-13-15-5-6-18(13)8-12/h5-6,9-12,17H,3-4,7-8H2,1-2H3/t12-/m0/s1. The molecule has 3 rings (SSSR count). The summed E-state index contributed by atoms with van der Waals surface area (Å²) in [5, 5.41) is 0.0836. The minimum Gasteiger partial charge on any atom is -0.335 e. The number of aryl methyl sites for hydroxylation is 1. The summed E-state index contributed by atoms with van der Waals surface area (Å²) in [6, 6.07) is 0.189. The van der Waals surface area contributed by atoms with E-state index in [1.165, 1.54) is 0 Å². The first-order valence-corrected chi connectivity index (χ1v) is 8.97. The maximum Gasteiger partial charge on any atom is 0.259 e. The third-order valence-electron chi connectivity index (χ3n) is 4.04.